The number of nitrogens with one attached hydrogen (secondary N) is 2. The van der Waals surface area contributed by atoms with Crippen molar-refractivity contribution < 1.29 is 9.53 Å². The maximum Gasteiger partial charge on any atom is 0.320 e. The van der Waals surface area contributed by atoms with E-state index in [1.165, 1.54) is 0 Å². The van der Waals surface area contributed by atoms with Crippen LogP contribution < -0.4 is 15.4 Å². The van der Waals surface area contributed by atoms with Crippen LogP contribution in [0.1, 0.15) is 18.4 Å². The number of hydrogen-bond acceptors (Lipinski definition) is 2. The van der Waals surface area contributed by atoms with Gasteiger partial charge >= 0.3 is 6.03 Å². The van der Waals surface area contributed by atoms with Crippen molar-refractivity contribution in [1.82, 2.24) is 5.32 Å². The lowest BCUT2D eigenvalue weighted by molar-refractivity contribution is 0.158. The molecule has 1 aliphatic carbocycles. The lowest BCUT2D eigenvalue weighted by atomic mass is 9.83. The van der Waals surface area contributed by atoms with Gasteiger partial charge in [0.15, 0.2) is 0 Å². The van der Waals surface area contributed by atoms with Crippen LogP contribution in [0.2, 0.25) is 5.02 Å². The molecule has 2 amide bonds. The lowest BCUT2D eigenvalue weighted by Crippen LogP contribution is -2.56. The third-order valence-electron chi connectivity index (χ3n) is 4.53. The molecule has 0 aromatic heterocycles. The molecule has 2 aromatic rings. The fraction of sp³-hybridized carbons (Fsp3) is 0.278. The van der Waals surface area contributed by atoms with Crippen molar-refractivity contribution in [3.63, 3.8) is 0 Å². The van der Waals surface area contributed by atoms with E-state index in [0.29, 0.717) is 17.5 Å². The summed E-state index contributed by atoms with van der Waals surface area (Å²) in [5.41, 5.74) is 1.28. The molecule has 1 atom stereocenters. The molecule has 1 aliphatic heterocycles. The van der Waals surface area contributed by atoms with Crippen LogP contribution in [0.3, 0.4) is 0 Å². The van der Waals surface area contributed by atoms with Gasteiger partial charge in [-0.25, -0.2) is 4.79 Å². The molecule has 23 heavy (non-hydrogen) atoms. The quantitative estimate of drug-likeness (QED) is 0.885. The lowest BCUT2D eigenvalue weighted by Gasteiger charge is -2.40. The maximum atomic E-state index is 12.2. The fourth-order valence-corrected chi connectivity index (χ4v) is 3.43. The molecule has 0 bridgehead atoms. The molecule has 1 saturated carbocycles. The van der Waals surface area contributed by atoms with Crippen molar-refractivity contribution in [1.29, 1.82) is 0 Å². The van der Waals surface area contributed by atoms with E-state index < -0.39 is 5.54 Å². The normalized spacial score (nSPS) is 22.7. The first-order valence-corrected chi connectivity index (χ1v) is 8.12. The largest absolute Gasteiger partial charge is 0.491 e. The summed E-state index contributed by atoms with van der Waals surface area (Å²) in [7, 11) is 0. The molecule has 2 aromatic carbocycles. The van der Waals surface area contributed by atoms with E-state index in [4.69, 9.17) is 16.3 Å². The Morgan fingerprint density at radius 2 is 1.96 bits per heavy atom. The Hall–Kier alpha value is -2.20. The summed E-state index contributed by atoms with van der Waals surface area (Å²) < 4.78 is 6.01. The summed E-state index contributed by atoms with van der Waals surface area (Å²) in [6.45, 7) is 0.391. The van der Waals surface area contributed by atoms with Crippen LogP contribution in [0.4, 0.5) is 10.5 Å². The molecule has 4 nitrogen and oxygen atoms in total. The summed E-state index contributed by atoms with van der Waals surface area (Å²) in [6.07, 6.45) is 2.15. The zero-order valence-electron chi connectivity index (χ0n) is 12.5. The molecule has 2 aliphatic rings. The minimum Gasteiger partial charge on any atom is -0.491 e. The molecule has 5 heteroatoms. The van der Waals surface area contributed by atoms with Gasteiger partial charge in [0.05, 0.1) is 0 Å². The van der Waals surface area contributed by atoms with E-state index in [1.807, 2.05) is 42.5 Å². The van der Waals surface area contributed by atoms with Gasteiger partial charge in [0.1, 0.15) is 17.9 Å². The van der Waals surface area contributed by atoms with E-state index in [1.54, 1.807) is 6.07 Å². The minimum absolute atomic E-state index is 0.191. The number of ether oxygens (including phenoxy) is 1. The topological polar surface area (TPSA) is 50.4 Å². The molecule has 0 saturated heterocycles. The van der Waals surface area contributed by atoms with E-state index >= 15 is 0 Å². The van der Waals surface area contributed by atoms with Gasteiger partial charge in [-0.2, -0.15) is 0 Å². The van der Waals surface area contributed by atoms with Crippen LogP contribution in [0.25, 0.3) is 0 Å². The second-order valence-corrected chi connectivity index (χ2v) is 6.55. The summed E-state index contributed by atoms with van der Waals surface area (Å²) >= 11 is 6.20. The first-order valence-electron chi connectivity index (χ1n) is 7.74. The first kappa shape index (κ1) is 14.4. The van der Waals surface area contributed by atoms with E-state index in [0.717, 1.165) is 29.8 Å². The van der Waals surface area contributed by atoms with Gasteiger partial charge in [0, 0.05) is 16.3 Å². The number of hydrogen-bond donors (Lipinski definition) is 2. The average molecular weight is 329 g/mol. The number of amides is 2. The molecule has 1 heterocycles. The Bertz CT molecular complexity index is 746. The number of rotatable bonds is 4. The SMILES string of the molecule is O=C1Nc2ccc(Cl)cc2C(COc2ccccc2)(C2CC2)N1. The van der Waals surface area contributed by atoms with Crippen LogP contribution in [-0.2, 0) is 5.54 Å². The van der Waals surface area contributed by atoms with Gasteiger partial charge in [-0.15, -0.1) is 0 Å². The molecular formula is C18H17ClN2O2. The Morgan fingerprint density at radius 3 is 2.70 bits per heavy atom. The molecule has 0 radical (unpaired) electrons. The number of urea groups is 1. The zero-order valence-corrected chi connectivity index (χ0v) is 13.3. The number of halogens is 1. The number of carbonyl (C=O) groups excluding carboxylic acids is 1. The highest BCUT2D eigenvalue weighted by atomic mass is 35.5. The van der Waals surface area contributed by atoms with Crippen LogP contribution in [0.5, 0.6) is 5.75 Å². The predicted octanol–water partition coefficient (Wildman–Crippen LogP) is 4.16. The highest BCUT2D eigenvalue weighted by Crippen LogP contribution is 2.49. The standard InChI is InChI=1S/C18H17ClN2O2/c19-13-8-9-16-15(10-13)18(12-6-7-12,21-17(22)20-16)11-23-14-4-2-1-3-5-14/h1-5,8-10,12H,6-7,11H2,(H2,20,21,22). The Balaban J connectivity index is 1.72. The van der Waals surface area contributed by atoms with Gasteiger partial charge in [0.25, 0.3) is 0 Å². The van der Waals surface area contributed by atoms with Gasteiger partial charge in [-0.3, -0.25) is 0 Å². The third-order valence-corrected chi connectivity index (χ3v) is 4.77. The summed E-state index contributed by atoms with van der Waals surface area (Å²) in [4.78, 5) is 12.2. The Morgan fingerprint density at radius 1 is 1.17 bits per heavy atom. The second kappa shape index (κ2) is 5.46. The predicted molar refractivity (Wildman–Crippen MR) is 89.9 cm³/mol. The van der Waals surface area contributed by atoms with Crippen molar-refractivity contribution >= 4 is 23.3 Å². The molecule has 0 spiro atoms. The monoisotopic (exact) mass is 328 g/mol. The van der Waals surface area contributed by atoms with Gasteiger partial charge in [-0.1, -0.05) is 29.8 Å². The van der Waals surface area contributed by atoms with Crippen molar-refractivity contribution in [2.75, 3.05) is 11.9 Å². The van der Waals surface area contributed by atoms with Crippen LogP contribution in [0.15, 0.2) is 48.5 Å². The van der Waals surface area contributed by atoms with Crippen molar-refractivity contribution in [2.45, 2.75) is 18.4 Å². The molecule has 1 unspecified atom stereocenters. The number of anilines is 1. The highest BCUT2D eigenvalue weighted by Gasteiger charge is 2.51. The number of benzene rings is 2. The van der Waals surface area contributed by atoms with E-state index in [2.05, 4.69) is 10.6 Å². The fourth-order valence-electron chi connectivity index (χ4n) is 3.26. The molecular weight excluding hydrogens is 312 g/mol. The minimum atomic E-state index is -0.529. The maximum absolute atomic E-state index is 12.2. The second-order valence-electron chi connectivity index (χ2n) is 6.12. The Labute approximate surface area is 139 Å². The van der Waals surface area contributed by atoms with E-state index in [-0.39, 0.29) is 6.03 Å². The molecule has 118 valence electrons. The summed E-state index contributed by atoms with van der Waals surface area (Å²) in [5, 5.41) is 6.63. The zero-order chi connectivity index (χ0) is 15.9. The summed E-state index contributed by atoms with van der Waals surface area (Å²) in [6, 6.07) is 15.0. The van der Waals surface area contributed by atoms with Gasteiger partial charge in [0.2, 0.25) is 0 Å². The van der Waals surface area contributed by atoms with Crippen molar-refractivity contribution in [3.8, 4) is 5.75 Å². The van der Waals surface area contributed by atoms with Crippen LogP contribution >= 0.6 is 11.6 Å². The third kappa shape index (κ3) is 2.63. The smallest absolute Gasteiger partial charge is 0.320 e. The number of carbonyl (C=O) groups is 1. The molecule has 2 N–H and O–H groups in total. The Kier molecular flexibility index (Phi) is 3.42. The first-order chi connectivity index (χ1) is 11.2. The molecule has 1 fully saturated rings. The molecule has 4 rings (SSSR count). The van der Waals surface area contributed by atoms with Crippen molar-refractivity contribution in [2.24, 2.45) is 5.92 Å². The highest BCUT2D eigenvalue weighted by molar-refractivity contribution is 6.30. The van der Waals surface area contributed by atoms with Crippen LogP contribution in [0, 0.1) is 5.92 Å². The average Bonchev–Trinajstić information content (AvgIpc) is 3.39. The van der Waals surface area contributed by atoms with Crippen molar-refractivity contribution in [3.05, 3.63) is 59.1 Å². The summed E-state index contributed by atoms with van der Waals surface area (Å²) in [5.74, 6) is 1.17. The number of para-hydroxylation sites is 1. The van der Waals surface area contributed by atoms with Gasteiger partial charge < -0.3 is 15.4 Å². The van der Waals surface area contributed by atoms with Crippen LogP contribution in [-0.4, -0.2) is 12.6 Å². The van der Waals surface area contributed by atoms with E-state index in [9.17, 15) is 4.79 Å². The number of fused-ring (bicyclic) bond motifs is 1. The van der Waals surface area contributed by atoms with Gasteiger partial charge in [-0.05, 0) is 49.1 Å².